The van der Waals surface area contributed by atoms with E-state index >= 15 is 0 Å². The van der Waals surface area contributed by atoms with E-state index in [4.69, 9.17) is 9.84 Å². The van der Waals surface area contributed by atoms with Crippen molar-refractivity contribution in [2.75, 3.05) is 11.9 Å². The maximum atomic E-state index is 12.0. The van der Waals surface area contributed by atoms with Crippen LogP contribution in [0.2, 0.25) is 0 Å². The Morgan fingerprint density at radius 3 is 2.40 bits per heavy atom. The van der Waals surface area contributed by atoms with Crippen molar-refractivity contribution in [2.24, 2.45) is 0 Å². The zero-order valence-electron chi connectivity index (χ0n) is 14.5. The maximum absolute atomic E-state index is 12.0. The number of benzene rings is 2. The number of anilines is 1. The zero-order valence-corrected chi connectivity index (χ0v) is 14.5. The summed E-state index contributed by atoms with van der Waals surface area (Å²) in [4.78, 5) is 23.1. The van der Waals surface area contributed by atoms with Crippen molar-refractivity contribution in [1.29, 1.82) is 0 Å². The second-order valence-electron chi connectivity index (χ2n) is 6.07. The van der Waals surface area contributed by atoms with E-state index in [1.54, 1.807) is 18.2 Å². The molecule has 0 bridgehead atoms. The number of rotatable bonds is 8. The second-order valence-corrected chi connectivity index (χ2v) is 6.07. The largest absolute Gasteiger partial charge is 0.494 e. The van der Waals surface area contributed by atoms with Gasteiger partial charge in [0.25, 0.3) is 0 Å². The first-order valence-electron chi connectivity index (χ1n) is 8.32. The minimum atomic E-state index is -1.07. The summed E-state index contributed by atoms with van der Waals surface area (Å²) in [6.45, 7) is 4.70. The van der Waals surface area contributed by atoms with E-state index in [0.29, 0.717) is 24.6 Å². The van der Waals surface area contributed by atoms with E-state index in [1.807, 2.05) is 24.3 Å². The summed E-state index contributed by atoms with van der Waals surface area (Å²) in [5.41, 5.74) is 1.64. The van der Waals surface area contributed by atoms with Crippen LogP contribution in [-0.2, 0) is 4.79 Å². The number of carbonyl (C=O) groups is 2. The molecule has 1 amide bonds. The average molecular weight is 341 g/mol. The molecule has 5 nitrogen and oxygen atoms in total. The van der Waals surface area contributed by atoms with Gasteiger partial charge in [0.15, 0.2) is 0 Å². The summed E-state index contributed by atoms with van der Waals surface area (Å²) in [6, 6.07) is 14.3. The first kappa shape index (κ1) is 18.5. The molecule has 0 aromatic heterocycles. The van der Waals surface area contributed by atoms with Gasteiger partial charge in [-0.3, -0.25) is 4.79 Å². The summed E-state index contributed by atoms with van der Waals surface area (Å²) < 4.78 is 5.63. The lowest BCUT2D eigenvalue weighted by Crippen LogP contribution is -2.15. The van der Waals surface area contributed by atoms with Gasteiger partial charge < -0.3 is 15.2 Å². The summed E-state index contributed by atoms with van der Waals surface area (Å²) >= 11 is 0. The minimum absolute atomic E-state index is 0.0809. The molecule has 2 rings (SSSR count). The van der Waals surface area contributed by atoms with E-state index < -0.39 is 5.97 Å². The molecule has 0 saturated carbocycles. The topological polar surface area (TPSA) is 75.6 Å². The second kappa shape index (κ2) is 8.87. The smallest absolute Gasteiger partial charge is 0.337 e. The van der Waals surface area contributed by atoms with Crippen molar-refractivity contribution in [2.45, 2.75) is 32.6 Å². The van der Waals surface area contributed by atoms with Gasteiger partial charge in [-0.05, 0) is 42.2 Å². The van der Waals surface area contributed by atoms with Gasteiger partial charge in [0.1, 0.15) is 5.75 Å². The highest BCUT2D eigenvalue weighted by Crippen LogP contribution is 2.19. The molecule has 2 aromatic rings. The molecule has 5 heteroatoms. The molecule has 0 heterocycles. The summed E-state index contributed by atoms with van der Waals surface area (Å²) in [7, 11) is 0. The Bertz CT molecular complexity index is 723. The molecule has 0 aliphatic carbocycles. The molecule has 2 N–H and O–H groups in total. The number of carboxylic acids is 1. The fraction of sp³-hybridized carbons (Fsp3) is 0.300. The highest BCUT2D eigenvalue weighted by atomic mass is 16.5. The molecular formula is C20H23NO4. The Morgan fingerprint density at radius 1 is 1.08 bits per heavy atom. The first-order chi connectivity index (χ1) is 12.0. The van der Waals surface area contributed by atoms with Crippen LogP contribution in [0.15, 0.2) is 48.5 Å². The Balaban J connectivity index is 1.76. The first-order valence-corrected chi connectivity index (χ1v) is 8.32. The quantitative estimate of drug-likeness (QED) is 0.702. The predicted molar refractivity (Wildman–Crippen MR) is 97.3 cm³/mol. The normalized spacial score (nSPS) is 10.5. The van der Waals surface area contributed by atoms with Crippen molar-refractivity contribution in [1.82, 2.24) is 0 Å². The molecule has 25 heavy (non-hydrogen) atoms. The highest BCUT2D eigenvalue weighted by Gasteiger charge is 2.11. The van der Waals surface area contributed by atoms with Crippen LogP contribution in [0.1, 0.15) is 48.5 Å². The summed E-state index contributed by atoms with van der Waals surface area (Å²) in [6.07, 6.45) is 0.811. The van der Waals surface area contributed by atoms with Gasteiger partial charge in [-0.1, -0.05) is 38.1 Å². The Labute approximate surface area is 147 Å². The van der Waals surface area contributed by atoms with Crippen molar-refractivity contribution in [3.63, 3.8) is 0 Å². The monoisotopic (exact) mass is 341 g/mol. The zero-order chi connectivity index (χ0) is 18.2. The van der Waals surface area contributed by atoms with Gasteiger partial charge in [-0.25, -0.2) is 4.79 Å². The number of hydrogen-bond acceptors (Lipinski definition) is 3. The van der Waals surface area contributed by atoms with E-state index in [9.17, 15) is 9.59 Å². The molecule has 0 atom stereocenters. The van der Waals surface area contributed by atoms with Crippen molar-refractivity contribution < 1.29 is 19.4 Å². The van der Waals surface area contributed by atoms with Crippen LogP contribution < -0.4 is 10.1 Å². The van der Waals surface area contributed by atoms with Crippen molar-refractivity contribution >= 4 is 17.6 Å². The van der Waals surface area contributed by atoms with Gasteiger partial charge in [0.05, 0.1) is 17.9 Å². The van der Waals surface area contributed by atoms with E-state index in [1.165, 1.54) is 11.6 Å². The van der Waals surface area contributed by atoms with Crippen LogP contribution >= 0.6 is 0 Å². The fourth-order valence-electron chi connectivity index (χ4n) is 2.36. The molecule has 0 aliphatic heterocycles. The molecule has 0 radical (unpaired) electrons. The Morgan fingerprint density at radius 2 is 1.76 bits per heavy atom. The van der Waals surface area contributed by atoms with Crippen LogP contribution in [-0.4, -0.2) is 23.6 Å². The molecule has 2 aromatic carbocycles. The van der Waals surface area contributed by atoms with Crippen molar-refractivity contribution in [3.8, 4) is 5.75 Å². The standard InChI is InChI=1S/C20H23NO4/c1-14(2)15-9-11-16(12-10-15)25-13-5-8-19(22)21-18-7-4-3-6-17(18)20(23)24/h3-4,6-7,9-12,14H,5,8,13H2,1-2H3,(H,21,22)(H,23,24). The number of amides is 1. The number of aromatic carboxylic acids is 1. The van der Waals surface area contributed by atoms with Crippen LogP contribution in [0.4, 0.5) is 5.69 Å². The molecule has 0 spiro atoms. The third-order valence-corrected chi connectivity index (χ3v) is 3.80. The third-order valence-electron chi connectivity index (χ3n) is 3.80. The molecule has 132 valence electrons. The minimum Gasteiger partial charge on any atom is -0.494 e. The van der Waals surface area contributed by atoms with Gasteiger partial charge in [0, 0.05) is 6.42 Å². The van der Waals surface area contributed by atoms with Gasteiger partial charge in [0.2, 0.25) is 5.91 Å². The van der Waals surface area contributed by atoms with Gasteiger partial charge in [-0.15, -0.1) is 0 Å². The maximum Gasteiger partial charge on any atom is 0.337 e. The molecule has 0 aliphatic rings. The third kappa shape index (κ3) is 5.64. The molecular weight excluding hydrogens is 318 g/mol. The number of ether oxygens (including phenoxy) is 1. The lowest BCUT2D eigenvalue weighted by atomic mass is 10.0. The SMILES string of the molecule is CC(C)c1ccc(OCCCC(=O)Nc2ccccc2C(=O)O)cc1. The number of hydrogen-bond donors (Lipinski definition) is 2. The predicted octanol–water partition coefficient (Wildman–Crippen LogP) is 4.31. The number of para-hydroxylation sites is 1. The molecule has 0 unspecified atom stereocenters. The summed E-state index contributed by atoms with van der Waals surface area (Å²) in [5, 5.41) is 11.7. The molecule has 0 fully saturated rings. The number of nitrogens with one attached hydrogen (secondary N) is 1. The number of carbonyl (C=O) groups excluding carboxylic acids is 1. The van der Waals surface area contributed by atoms with Crippen LogP contribution in [0.5, 0.6) is 5.75 Å². The lowest BCUT2D eigenvalue weighted by Gasteiger charge is -2.10. The van der Waals surface area contributed by atoms with Crippen LogP contribution in [0, 0.1) is 0 Å². The van der Waals surface area contributed by atoms with Gasteiger partial charge in [-0.2, -0.15) is 0 Å². The fourth-order valence-corrected chi connectivity index (χ4v) is 2.36. The van der Waals surface area contributed by atoms with Crippen LogP contribution in [0.3, 0.4) is 0 Å². The Kier molecular flexibility index (Phi) is 6.57. The van der Waals surface area contributed by atoms with E-state index in [0.717, 1.165) is 5.75 Å². The average Bonchev–Trinajstić information content (AvgIpc) is 2.59. The highest BCUT2D eigenvalue weighted by molar-refractivity contribution is 6.00. The van der Waals surface area contributed by atoms with Gasteiger partial charge >= 0.3 is 5.97 Å². The lowest BCUT2D eigenvalue weighted by molar-refractivity contribution is -0.116. The number of carboxylic acid groups (broad SMARTS) is 1. The molecule has 0 saturated heterocycles. The summed E-state index contributed by atoms with van der Waals surface area (Å²) in [5.74, 6) is -0.0380. The van der Waals surface area contributed by atoms with E-state index in [2.05, 4.69) is 19.2 Å². The van der Waals surface area contributed by atoms with Crippen LogP contribution in [0.25, 0.3) is 0 Å². The van der Waals surface area contributed by atoms with Crippen molar-refractivity contribution in [3.05, 3.63) is 59.7 Å². The Hall–Kier alpha value is -2.82. The van der Waals surface area contributed by atoms with E-state index in [-0.39, 0.29) is 17.9 Å².